The van der Waals surface area contributed by atoms with Gasteiger partial charge in [0.1, 0.15) is 5.75 Å². The number of aliphatic imine (C=N–C) groups is 1. The molecule has 2 unspecified atom stereocenters. The first-order chi connectivity index (χ1) is 10.2. The van der Waals surface area contributed by atoms with E-state index in [-0.39, 0.29) is 5.54 Å². The van der Waals surface area contributed by atoms with E-state index in [1.165, 1.54) is 25.7 Å². The van der Waals surface area contributed by atoms with Crippen molar-refractivity contribution in [2.45, 2.75) is 45.1 Å². The number of amidine groups is 1. The lowest BCUT2D eigenvalue weighted by Gasteiger charge is -2.33. The maximum Gasteiger partial charge on any atom is 0.161 e. The predicted octanol–water partition coefficient (Wildman–Crippen LogP) is 4.55. The maximum absolute atomic E-state index is 5.47. The van der Waals surface area contributed by atoms with Gasteiger partial charge in [-0.2, -0.15) is 0 Å². The first-order valence-electron chi connectivity index (χ1n) is 7.92. The van der Waals surface area contributed by atoms with Gasteiger partial charge in [-0.15, -0.1) is 0 Å². The van der Waals surface area contributed by atoms with Crippen molar-refractivity contribution in [3.63, 3.8) is 0 Å². The summed E-state index contributed by atoms with van der Waals surface area (Å²) in [6.45, 7) is 5.07. The molecule has 0 aromatic heterocycles. The summed E-state index contributed by atoms with van der Waals surface area (Å²) in [5.41, 5.74) is 1.29. The number of nitrogens with zero attached hydrogens (tertiary/aromatic N) is 1. The molecule has 3 rings (SSSR count). The maximum atomic E-state index is 5.47. The molecule has 3 nitrogen and oxygen atoms in total. The van der Waals surface area contributed by atoms with Gasteiger partial charge in [0.25, 0.3) is 0 Å². The van der Waals surface area contributed by atoms with Crippen molar-refractivity contribution in [1.82, 2.24) is 0 Å². The zero-order valence-corrected chi connectivity index (χ0v) is 13.7. The molecule has 1 fully saturated rings. The molecule has 0 radical (unpaired) electrons. The second-order valence-corrected chi connectivity index (χ2v) is 7.18. The van der Waals surface area contributed by atoms with E-state index in [2.05, 4.69) is 24.4 Å². The highest BCUT2D eigenvalue weighted by molar-refractivity contribution is 8.14. The van der Waals surface area contributed by atoms with Crippen molar-refractivity contribution in [3.8, 4) is 5.75 Å². The van der Waals surface area contributed by atoms with Crippen LogP contribution in [0.15, 0.2) is 29.3 Å². The van der Waals surface area contributed by atoms with Crippen LogP contribution in [0.3, 0.4) is 0 Å². The van der Waals surface area contributed by atoms with Crippen LogP contribution in [0.5, 0.6) is 5.75 Å². The molecule has 1 aromatic carbocycles. The minimum absolute atomic E-state index is 0.204. The second-order valence-electron chi connectivity index (χ2n) is 6.21. The molecule has 1 saturated carbocycles. The number of ether oxygens (including phenoxy) is 1. The van der Waals surface area contributed by atoms with E-state index >= 15 is 0 Å². The largest absolute Gasteiger partial charge is 0.494 e. The average Bonchev–Trinajstić information content (AvgIpc) is 2.83. The lowest BCUT2D eigenvalue weighted by Crippen LogP contribution is -2.33. The number of hydrogen-bond acceptors (Lipinski definition) is 4. The van der Waals surface area contributed by atoms with Crippen LogP contribution in [0, 0.1) is 5.92 Å². The Kier molecular flexibility index (Phi) is 4.43. The van der Waals surface area contributed by atoms with Gasteiger partial charge in [0.15, 0.2) is 5.17 Å². The highest BCUT2D eigenvalue weighted by atomic mass is 32.2. The van der Waals surface area contributed by atoms with Gasteiger partial charge in [0, 0.05) is 11.4 Å². The van der Waals surface area contributed by atoms with Crippen LogP contribution in [-0.4, -0.2) is 23.1 Å². The summed E-state index contributed by atoms with van der Waals surface area (Å²) in [6.07, 6.45) is 5.18. The van der Waals surface area contributed by atoms with Crippen molar-refractivity contribution >= 4 is 22.6 Å². The van der Waals surface area contributed by atoms with Gasteiger partial charge in [0.2, 0.25) is 0 Å². The standard InChI is InChI=1S/C17H24N2OS/c1-3-20-15-8-6-14(7-9-15)18-16-19-17(12-21-16)10-4-5-13(2)11-17/h6-9,13H,3-5,10-12H2,1-2H3,(H,18,19). The lowest BCUT2D eigenvalue weighted by atomic mass is 9.78. The summed E-state index contributed by atoms with van der Waals surface area (Å²) in [4.78, 5) is 5.02. The number of anilines is 1. The molecule has 1 N–H and O–H groups in total. The van der Waals surface area contributed by atoms with Crippen molar-refractivity contribution in [3.05, 3.63) is 24.3 Å². The van der Waals surface area contributed by atoms with Crippen LogP contribution in [0.4, 0.5) is 5.69 Å². The normalized spacial score (nSPS) is 28.5. The van der Waals surface area contributed by atoms with E-state index in [0.29, 0.717) is 6.61 Å². The van der Waals surface area contributed by atoms with Crippen molar-refractivity contribution < 1.29 is 4.74 Å². The molecule has 1 aliphatic heterocycles. The van der Waals surface area contributed by atoms with Gasteiger partial charge < -0.3 is 10.1 Å². The molecule has 1 aromatic rings. The minimum Gasteiger partial charge on any atom is -0.494 e. The molecule has 4 heteroatoms. The molecule has 0 amide bonds. The van der Waals surface area contributed by atoms with E-state index in [9.17, 15) is 0 Å². The molecule has 1 aliphatic carbocycles. The number of thioether (sulfide) groups is 1. The summed E-state index contributed by atoms with van der Waals surface area (Å²) >= 11 is 1.87. The van der Waals surface area contributed by atoms with Crippen LogP contribution in [-0.2, 0) is 0 Å². The molecule has 0 saturated heterocycles. The fraction of sp³-hybridized carbons (Fsp3) is 0.588. The lowest BCUT2D eigenvalue weighted by molar-refractivity contribution is 0.266. The van der Waals surface area contributed by atoms with Crippen LogP contribution < -0.4 is 10.1 Å². The average molecular weight is 304 g/mol. The van der Waals surface area contributed by atoms with Gasteiger partial charge in [-0.1, -0.05) is 31.5 Å². The summed E-state index contributed by atoms with van der Waals surface area (Å²) < 4.78 is 5.47. The third kappa shape index (κ3) is 3.54. The topological polar surface area (TPSA) is 33.6 Å². The van der Waals surface area contributed by atoms with E-state index in [1.807, 2.05) is 30.8 Å². The number of hydrogen-bond donors (Lipinski definition) is 1. The summed E-state index contributed by atoms with van der Waals surface area (Å²) in [7, 11) is 0. The van der Waals surface area contributed by atoms with Gasteiger partial charge in [0.05, 0.1) is 12.1 Å². The molecule has 21 heavy (non-hydrogen) atoms. The Bertz CT molecular complexity index is 514. The molecule has 1 heterocycles. The molecule has 1 spiro atoms. The third-order valence-corrected chi connectivity index (χ3v) is 5.45. The molecule has 2 aliphatic rings. The zero-order valence-electron chi connectivity index (χ0n) is 12.9. The zero-order chi connectivity index (χ0) is 14.7. The highest BCUT2D eigenvalue weighted by Crippen LogP contribution is 2.42. The Morgan fingerprint density at radius 1 is 1.38 bits per heavy atom. The first-order valence-corrected chi connectivity index (χ1v) is 8.90. The number of nitrogens with one attached hydrogen (secondary N) is 1. The van der Waals surface area contributed by atoms with Gasteiger partial charge in [-0.25, -0.2) is 0 Å². The van der Waals surface area contributed by atoms with Crippen LogP contribution >= 0.6 is 11.8 Å². The Hall–Kier alpha value is -1.16. The highest BCUT2D eigenvalue weighted by Gasteiger charge is 2.39. The molecule has 0 bridgehead atoms. The Morgan fingerprint density at radius 2 is 2.19 bits per heavy atom. The van der Waals surface area contributed by atoms with Crippen LogP contribution in [0.1, 0.15) is 39.5 Å². The SMILES string of the molecule is CCOc1ccc(NC2=NC3(CCCC(C)C3)CS2)cc1. The minimum atomic E-state index is 0.204. The molecular formula is C17H24N2OS. The van der Waals surface area contributed by atoms with Crippen LogP contribution in [0.2, 0.25) is 0 Å². The first kappa shape index (κ1) is 14.8. The molecule has 114 valence electrons. The monoisotopic (exact) mass is 304 g/mol. The quantitative estimate of drug-likeness (QED) is 0.889. The Labute approximate surface area is 131 Å². The number of rotatable bonds is 3. The molecular weight excluding hydrogens is 280 g/mol. The molecule has 2 atom stereocenters. The van der Waals surface area contributed by atoms with Crippen LogP contribution in [0.25, 0.3) is 0 Å². The van der Waals surface area contributed by atoms with Crippen molar-refractivity contribution in [1.29, 1.82) is 0 Å². The number of benzene rings is 1. The van der Waals surface area contributed by atoms with E-state index in [1.54, 1.807) is 0 Å². The van der Waals surface area contributed by atoms with Gasteiger partial charge in [-0.05, 0) is 49.9 Å². The smallest absolute Gasteiger partial charge is 0.161 e. The second kappa shape index (κ2) is 6.30. The Balaban J connectivity index is 1.65. The van der Waals surface area contributed by atoms with Crippen molar-refractivity contribution in [2.75, 3.05) is 17.7 Å². The van der Waals surface area contributed by atoms with Gasteiger partial charge >= 0.3 is 0 Å². The van der Waals surface area contributed by atoms with E-state index < -0.39 is 0 Å². The third-order valence-electron chi connectivity index (χ3n) is 4.30. The fourth-order valence-electron chi connectivity index (χ4n) is 3.34. The predicted molar refractivity (Wildman–Crippen MR) is 91.5 cm³/mol. The summed E-state index contributed by atoms with van der Waals surface area (Å²) in [6, 6.07) is 8.13. The summed E-state index contributed by atoms with van der Waals surface area (Å²) in [5.74, 6) is 2.87. The fourth-order valence-corrected chi connectivity index (χ4v) is 4.52. The van der Waals surface area contributed by atoms with Gasteiger partial charge in [-0.3, -0.25) is 4.99 Å². The van der Waals surface area contributed by atoms with E-state index in [0.717, 1.165) is 28.3 Å². The Morgan fingerprint density at radius 3 is 2.90 bits per heavy atom. The summed E-state index contributed by atoms with van der Waals surface area (Å²) in [5, 5.41) is 4.53. The van der Waals surface area contributed by atoms with E-state index in [4.69, 9.17) is 9.73 Å². The van der Waals surface area contributed by atoms with Crippen molar-refractivity contribution in [2.24, 2.45) is 10.9 Å².